The van der Waals surface area contributed by atoms with E-state index in [4.69, 9.17) is 0 Å². The fourth-order valence-electron chi connectivity index (χ4n) is 3.29. The number of aromatic nitrogens is 1. The Balaban J connectivity index is 1.71. The van der Waals surface area contributed by atoms with Crippen molar-refractivity contribution in [1.29, 1.82) is 0 Å². The number of nitrogens with zero attached hydrogens (tertiary/aromatic N) is 1. The van der Waals surface area contributed by atoms with Crippen molar-refractivity contribution in [3.05, 3.63) is 75.7 Å². The molecule has 0 spiro atoms. The summed E-state index contributed by atoms with van der Waals surface area (Å²) < 4.78 is 33.1. The summed E-state index contributed by atoms with van der Waals surface area (Å²) in [6.07, 6.45) is 0. The van der Waals surface area contributed by atoms with Gasteiger partial charge in [0.1, 0.15) is 0 Å². The van der Waals surface area contributed by atoms with Crippen molar-refractivity contribution in [3.8, 4) is 0 Å². The third-order valence-corrected chi connectivity index (χ3v) is 5.49. The van der Waals surface area contributed by atoms with Gasteiger partial charge in [-0.05, 0) is 48.5 Å². The Morgan fingerprint density at radius 2 is 1.37 bits per heavy atom. The Hall–Kier alpha value is -1.92. The molecule has 6 heteroatoms. The SMILES string of the molecule is FC(F)(CNc1ccccc1)Cn1c2ccc(Br)cc2c2cc(Br)ccc21. The summed E-state index contributed by atoms with van der Waals surface area (Å²) in [5, 5.41) is 4.74. The first-order chi connectivity index (χ1) is 12.9. The molecule has 1 N–H and O–H groups in total. The van der Waals surface area contributed by atoms with Crippen LogP contribution in [0.1, 0.15) is 0 Å². The lowest BCUT2D eigenvalue weighted by Gasteiger charge is -2.20. The van der Waals surface area contributed by atoms with Crippen LogP contribution in [-0.4, -0.2) is 17.0 Å². The van der Waals surface area contributed by atoms with Crippen LogP contribution in [0, 0.1) is 0 Å². The van der Waals surface area contributed by atoms with E-state index < -0.39 is 19.0 Å². The van der Waals surface area contributed by atoms with Crippen molar-refractivity contribution in [2.24, 2.45) is 0 Å². The first-order valence-electron chi connectivity index (χ1n) is 8.47. The second-order valence-corrected chi connectivity index (χ2v) is 8.32. The second kappa shape index (κ2) is 7.24. The molecule has 0 saturated heterocycles. The van der Waals surface area contributed by atoms with Crippen LogP contribution in [0.5, 0.6) is 0 Å². The Labute approximate surface area is 172 Å². The van der Waals surface area contributed by atoms with Gasteiger partial charge < -0.3 is 9.88 Å². The minimum absolute atomic E-state index is 0.393. The van der Waals surface area contributed by atoms with E-state index in [1.54, 1.807) is 16.7 Å². The van der Waals surface area contributed by atoms with Crippen LogP contribution in [0.3, 0.4) is 0 Å². The molecule has 1 aromatic heterocycles. The second-order valence-electron chi connectivity index (χ2n) is 6.48. The number of hydrogen-bond acceptors (Lipinski definition) is 1. The van der Waals surface area contributed by atoms with E-state index in [1.807, 2.05) is 54.6 Å². The standard InChI is InChI=1S/C21H16Br2F2N2/c22-14-6-8-19-17(10-14)18-11-15(23)7-9-20(18)27(19)13-21(24,25)12-26-16-4-2-1-3-5-16/h1-11,26H,12-13H2. The molecule has 0 aliphatic heterocycles. The summed E-state index contributed by atoms with van der Waals surface area (Å²) in [4.78, 5) is 0. The molecule has 4 aromatic rings. The van der Waals surface area contributed by atoms with Crippen molar-refractivity contribution >= 4 is 59.4 Å². The summed E-state index contributed by atoms with van der Waals surface area (Å²) in [7, 11) is 0. The van der Waals surface area contributed by atoms with Crippen molar-refractivity contribution in [2.45, 2.75) is 12.5 Å². The molecule has 0 amide bonds. The highest BCUT2D eigenvalue weighted by Gasteiger charge is 2.31. The van der Waals surface area contributed by atoms with Crippen molar-refractivity contribution in [1.82, 2.24) is 4.57 Å². The molecular formula is C21H16Br2F2N2. The van der Waals surface area contributed by atoms with E-state index in [0.29, 0.717) is 5.69 Å². The summed E-state index contributed by atoms with van der Waals surface area (Å²) in [5.74, 6) is -2.91. The highest BCUT2D eigenvalue weighted by atomic mass is 79.9. The van der Waals surface area contributed by atoms with Crippen LogP contribution in [0.15, 0.2) is 75.7 Å². The number of anilines is 1. The molecule has 0 saturated carbocycles. The molecule has 27 heavy (non-hydrogen) atoms. The number of fused-ring (bicyclic) bond motifs is 3. The van der Waals surface area contributed by atoms with E-state index in [0.717, 1.165) is 30.8 Å². The van der Waals surface area contributed by atoms with Gasteiger partial charge in [-0.15, -0.1) is 0 Å². The Kier molecular flexibility index (Phi) is 4.95. The lowest BCUT2D eigenvalue weighted by atomic mass is 10.2. The third-order valence-electron chi connectivity index (χ3n) is 4.50. The van der Waals surface area contributed by atoms with Gasteiger partial charge in [0.05, 0.1) is 13.1 Å². The Morgan fingerprint density at radius 3 is 1.93 bits per heavy atom. The highest BCUT2D eigenvalue weighted by molar-refractivity contribution is 9.10. The van der Waals surface area contributed by atoms with Crippen LogP contribution in [0.25, 0.3) is 21.8 Å². The van der Waals surface area contributed by atoms with Gasteiger partial charge in [0.15, 0.2) is 0 Å². The van der Waals surface area contributed by atoms with Gasteiger partial charge in [0.25, 0.3) is 5.92 Å². The molecule has 138 valence electrons. The normalized spacial score (nSPS) is 12.0. The molecule has 4 rings (SSSR count). The van der Waals surface area contributed by atoms with Gasteiger partial charge in [-0.1, -0.05) is 50.1 Å². The smallest absolute Gasteiger partial charge is 0.282 e. The van der Waals surface area contributed by atoms with Gasteiger partial charge in [0.2, 0.25) is 0 Å². The van der Waals surface area contributed by atoms with Crippen LogP contribution in [-0.2, 0) is 6.54 Å². The average molecular weight is 494 g/mol. The van der Waals surface area contributed by atoms with Crippen molar-refractivity contribution < 1.29 is 8.78 Å². The molecule has 3 aromatic carbocycles. The molecule has 1 heterocycles. The zero-order valence-corrected chi connectivity index (χ0v) is 17.4. The summed E-state index contributed by atoms with van der Waals surface area (Å²) in [6, 6.07) is 20.5. The Bertz CT molecular complexity index is 1050. The topological polar surface area (TPSA) is 17.0 Å². The van der Waals surface area contributed by atoms with E-state index in [1.165, 1.54) is 0 Å². The maximum Gasteiger partial charge on any atom is 0.282 e. The van der Waals surface area contributed by atoms with E-state index >= 15 is 0 Å². The third kappa shape index (κ3) is 3.87. The average Bonchev–Trinajstić information content (AvgIpc) is 2.93. The fourth-order valence-corrected chi connectivity index (χ4v) is 4.02. The predicted octanol–water partition coefficient (Wildman–Crippen LogP) is 7.07. The van der Waals surface area contributed by atoms with Crippen LogP contribution >= 0.6 is 31.9 Å². The quantitative estimate of drug-likeness (QED) is 0.314. The van der Waals surface area contributed by atoms with Crippen LogP contribution in [0.4, 0.5) is 14.5 Å². The molecule has 0 unspecified atom stereocenters. The summed E-state index contributed by atoms with van der Waals surface area (Å²) in [6.45, 7) is -0.818. The van der Waals surface area contributed by atoms with Gasteiger partial charge >= 0.3 is 0 Å². The molecule has 2 nitrogen and oxygen atoms in total. The number of rotatable bonds is 5. The number of halogens is 4. The summed E-state index contributed by atoms with van der Waals surface area (Å²) >= 11 is 6.96. The number of nitrogens with one attached hydrogen (secondary N) is 1. The lowest BCUT2D eigenvalue weighted by molar-refractivity contribution is -0.000153. The van der Waals surface area contributed by atoms with Crippen molar-refractivity contribution in [3.63, 3.8) is 0 Å². The van der Waals surface area contributed by atoms with Crippen LogP contribution in [0.2, 0.25) is 0 Å². The predicted molar refractivity (Wildman–Crippen MR) is 115 cm³/mol. The van der Waals surface area contributed by atoms with Gasteiger partial charge in [-0.25, -0.2) is 8.78 Å². The summed E-state index contributed by atoms with van der Waals surface area (Å²) in [5.41, 5.74) is 2.28. The monoisotopic (exact) mass is 492 g/mol. The number of alkyl halides is 2. The molecular weight excluding hydrogens is 478 g/mol. The maximum absolute atomic E-state index is 14.8. The largest absolute Gasteiger partial charge is 0.379 e. The zero-order chi connectivity index (χ0) is 19.0. The minimum Gasteiger partial charge on any atom is -0.379 e. The molecule has 0 radical (unpaired) electrons. The lowest BCUT2D eigenvalue weighted by Crippen LogP contribution is -2.32. The number of hydrogen-bond donors (Lipinski definition) is 1. The van der Waals surface area contributed by atoms with E-state index in [2.05, 4.69) is 37.2 Å². The number of benzene rings is 3. The zero-order valence-electron chi connectivity index (χ0n) is 14.2. The van der Waals surface area contributed by atoms with E-state index in [-0.39, 0.29) is 0 Å². The molecule has 0 bridgehead atoms. The van der Waals surface area contributed by atoms with Gasteiger partial charge in [0, 0.05) is 36.4 Å². The van der Waals surface area contributed by atoms with Gasteiger partial charge in [-0.2, -0.15) is 0 Å². The molecule has 0 aliphatic carbocycles. The Morgan fingerprint density at radius 1 is 0.815 bits per heavy atom. The first kappa shape index (κ1) is 18.4. The number of para-hydroxylation sites is 1. The fraction of sp³-hybridized carbons (Fsp3) is 0.143. The maximum atomic E-state index is 14.8. The van der Waals surface area contributed by atoms with Crippen LogP contribution < -0.4 is 5.32 Å². The van der Waals surface area contributed by atoms with Gasteiger partial charge in [-0.3, -0.25) is 0 Å². The highest BCUT2D eigenvalue weighted by Crippen LogP contribution is 2.34. The molecule has 0 atom stereocenters. The minimum atomic E-state index is -2.91. The van der Waals surface area contributed by atoms with E-state index in [9.17, 15) is 8.78 Å². The molecule has 0 aliphatic rings. The first-order valence-corrected chi connectivity index (χ1v) is 10.1. The van der Waals surface area contributed by atoms with Crippen molar-refractivity contribution in [2.75, 3.05) is 11.9 Å². The molecule has 0 fully saturated rings.